The zero-order valence-corrected chi connectivity index (χ0v) is 15.0. The van der Waals surface area contributed by atoms with E-state index in [9.17, 15) is 9.59 Å². The Kier molecular flexibility index (Phi) is 5.89. The number of carbonyl (C=O) groups excluding carboxylic acids is 2. The van der Waals surface area contributed by atoms with Crippen LogP contribution in [0.2, 0.25) is 0 Å². The van der Waals surface area contributed by atoms with Gasteiger partial charge in [-0.1, -0.05) is 25.3 Å². The van der Waals surface area contributed by atoms with Crippen LogP contribution in [0.5, 0.6) is 5.75 Å². The molecule has 0 aromatic heterocycles. The first kappa shape index (κ1) is 18.0. The third-order valence-electron chi connectivity index (χ3n) is 4.68. The van der Waals surface area contributed by atoms with E-state index in [2.05, 4.69) is 10.6 Å². The zero-order valence-electron chi connectivity index (χ0n) is 15.0. The first-order valence-corrected chi connectivity index (χ1v) is 9.02. The van der Waals surface area contributed by atoms with Crippen molar-refractivity contribution in [3.8, 4) is 5.75 Å². The van der Waals surface area contributed by atoms with Gasteiger partial charge in [0.25, 0.3) is 11.8 Å². The summed E-state index contributed by atoms with van der Waals surface area (Å²) in [7, 11) is 1.59. The van der Waals surface area contributed by atoms with E-state index in [1.54, 1.807) is 55.6 Å². The van der Waals surface area contributed by atoms with E-state index in [1.807, 2.05) is 0 Å². The third-order valence-corrected chi connectivity index (χ3v) is 4.68. The highest BCUT2D eigenvalue weighted by Gasteiger charge is 2.17. The zero-order chi connectivity index (χ0) is 18.4. The van der Waals surface area contributed by atoms with Gasteiger partial charge in [-0.15, -0.1) is 0 Å². The van der Waals surface area contributed by atoms with Gasteiger partial charge in [0.1, 0.15) is 5.75 Å². The molecule has 0 radical (unpaired) electrons. The number of ether oxygens (including phenoxy) is 1. The Morgan fingerprint density at radius 2 is 1.58 bits per heavy atom. The molecule has 2 N–H and O–H groups in total. The first-order valence-electron chi connectivity index (χ1n) is 9.02. The fraction of sp³-hybridized carbons (Fsp3) is 0.333. The van der Waals surface area contributed by atoms with Gasteiger partial charge in [0, 0.05) is 22.9 Å². The van der Waals surface area contributed by atoms with Crippen LogP contribution in [0, 0.1) is 0 Å². The molecule has 1 saturated carbocycles. The van der Waals surface area contributed by atoms with Gasteiger partial charge in [0.2, 0.25) is 0 Å². The normalized spacial score (nSPS) is 14.5. The second kappa shape index (κ2) is 8.52. The molecule has 0 heterocycles. The Hall–Kier alpha value is -2.82. The summed E-state index contributed by atoms with van der Waals surface area (Å²) in [6.07, 6.45) is 5.63. The number of benzene rings is 2. The van der Waals surface area contributed by atoms with Crippen molar-refractivity contribution in [2.24, 2.45) is 0 Å². The summed E-state index contributed by atoms with van der Waals surface area (Å²) in [4.78, 5) is 24.9. The molecule has 1 fully saturated rings. The van der Waals surface area contributed by atoms with Crippen LogP contribution in [0.15, 0.2) is 48.5 Å². The summed E-state index contributed by atoms with van der Waals surface area (Å²) in [5, 5.41) is 5.91. The van der Waals surface area contributed by atoms with E-state index in [-0.39, 0.29) is 17.9 Å². The number of methoxy groups -OCH3 is 1. The molecular formula is C21H24N2O3. The Bertz CT molecular complexity index is 765. The summed E-state index contributed by atoms with van der Waals surface area (Å²) in [5.41, 5.74) is 1.64. The molecule has 0 aliphatic heterocycles. The van der Waals surface area contributed by atoms with E-state index < -0.39 is 0 Å². The summed E-state index contributed by atoms with van der Waals surface area (Å²) in [6.45, 7) is 0. The van der Waals surface area contributed by atoms with Crippen LogP contribution in [-0.4, -0.2) is 25.0 Å². The highest BCUT2D eigenvalue weighted by Crippen LogP contribution is 2.19. The molecule has 2 amide bonds. The number of nitrogens with one attached hydrogen (secondary N) is 2. The lowest BCUT2D eigenvalue weighted by Crippen LogP contribution is -2.36. The largest absolute Gasteiger partial charge is 0.497 e. The molecular weight excluding hydrogens is 328 g/mol. The third kappa shape index (κ3) is 4.63. The standard InChI is InChI=1S/C21H24N2O3/c1-26-19-12-10-18(11-13-19)23-21(25)16-7-5-6-15(14-16)20(24)22-17-8-3-2-4-9-17/h5-7,10-14,17H,2-4,8-9H2,1H3,(H,22,24)(H,23,25). The molecule has 5 heteroatoms. The van der Waals surface area contributed by atoms with Crippen LogP contribution in [0.1, 0.15) is 52.8 Å². The Morgan fingerprint density at radius 1 is 0.923 bits per heavy atom. The first-order chi connectivity index (χ1) is 12.7. The summed E-state index contributed by atoms with van der Waals surface area (Å²) >= 11 is 0. The van der Waals surface area contributed by atoms with E-state index in [1.165, 1.54) is 6.42 Å². The van der Waals surface area contributed by atoms with Crippen LogP contribution in [-0.2, 0) is 0 Å². The van der Waals surface area contributed by atoms with Gasteiger partial charge in [-0.05, 0) is 55.3 Å². The average molecular weight is 352 g/mol. The number of rotatable bonds is 5. The summed E-state index contributed by atoms with van der Waals surface area (Å²) in [5.74, 6) is 0.364. The molecule has 0 atom stereocenters. The fourth-order valence-corrected chi connectivity index (χ4v) is 3.19. The maximum Gasteiger partial charge on any atom is 0.255 e. The summed E-state index contributed by atoms with van der Waals surface area (Å²) < 4.78 is 5.11. The maximum absolute atomic E-state index is 12.5. The van der Waals surface area contributed by atoms with Gasteiger partial charge in [0.05, 0.1) is 7.11 Å². The van der Waals surface area contributed by atoms with Crippen LogP contribution < -0.4 is 15.4 Å². The van der Waals surface area contributed by atoms with E-state index >= 15 is 0 Å². The number of hydrogen-bond acceptors (Lipinski definition) is 3. The van der Waals surface area contributed by atoms with Crippen molar-refractivity contribution in [3.63, 3.8) is 0 Å². The molecule has 136 valence electrons. The van der Waals surface area contributed by atoms with Crippen molar-refractivity contribution in [2.45, 2.75) is 38.1 Å². The molecule has 26 heavy (non-hydrogen) atoms. The van der Waals surface area contributed by atoms with Crippen LogP contribution in [0.3, 0.4) is 0 Å². The SMILES string of the molecule is COc1ccc(NC(=O)c2cccc(C(=O)NC3CCCCC3)c2)cc1. The molecule has 2 aromatic rings. The molecule has 0 spiro atoms. The fourth-order valence-electron chi connectivity index (χ4n) is 3.19. The minimum absolute atomic E-state index is 0.115. The van der Waals surface area contributed by atoms with Crippen LogP contribution in [0.25, 0.3) is 0 Å². The smallest absolute Gasteiger partial charge is 0.255 e. The molecule has 5 nitrogen and oxygen atoms in total. The number of anilines is 1. The summed E-state index contributed by atoms with van der Waals surface area (Å²) in [6, 6.07) is 14.2. The molecule has 3 rings (SSSR count). The predicted molar refractivity (Wildman–Crippen MR) is 102 cm³/mol. The number of carbonyl (C=O) groups is 2. The number of amides is 2. The lowest BCUT2D eigenvalue weighted by molar-refractivity contribution is 0.0927. The monoisotopic (exact) mass is 352 g/mol. The molecule has 0 unspecified atom stereocenters. The lowest BCUT2D eigenvalue weighted by atomic mass is 9.95. The lowest BCUT2D eigenvalue weighted by Gasteiger charge is -2.22. The minimum atomic E-state index is -0.248. The van der Waals surface area contributed by atoms with Gasteiger partial charge < -0.3 is 15.4 Å². The quantitative estimate of drug-likeness (QED) is 0.854. The molecule has 1 aliphatic carbocycles. The Labute approximate surface area is 153 Å². The Balaban J connectivity index is 1.65. The van der Waals surface area contributed by atoms with Crippen molar-refractivity contribution in [2.75, 3.05) is 12.4 Å². The molecule has 1 aliphatic rings. The second-order valence-electron chi connectivity index (χ2n) is 6.57. The van der Waals surface area contributed by atoms with Gasteiger partial charge >= 0.3 is 0 Å². The highest BCUT2D eigenvalue weighted by atomic mass is 16.5. The minimum Gasteiger partial charge on any atom is -0.497 e. The van der Waals surface area contributed by atoms with Crippen LogP contribution in [0.4, 0.5) is 5.69 Å². The predicted octanol–water partition coefficient (Wildman–Crippen LogP) is 4.01. The molecule has 0 saturated heterocycles. The Morgan fingerprint density at radius 3 is 2.23 bits per heavy atom. The van der Waals surface area contributed by atoms with Crippen molar-refractivity contribution in [1.82, 2.24) is 5.32 Å². The van der Waals surface area contributed by atoms with E-state index in [0.717, 1.165) is 31.4 Å². The molecule has 0 bridgehead atoms. The van der Waals surface area contributed by atoms with Crippen molar-refractivity contribution in [1.29, 1.82) is 0 Å². The topological polar surface area (TPSA) is 67.4 Å². The van der Waals surface area contributed by atoms with Crippen molar-refractivity contribution >= 4 is 17.5 Å². The van der Waals surface area contributed by atoms with Gasteiger partial charge in [0.15, 0.2) is 0 Å². The van der Waals surface area contributed by atoms with Gasteiger partial charge in [-0.3, -0.25) is 9.59 Å². The number of hydrogen-bond donors (Lipinski definition) is 2. The van der Waals surface area contributed by atoms with E-state index in [4.69, 9.17) is 4.74 Å². The molecule has 2 aromatic carbocycles. The van der Waals surface area contributed by atoms with Gasteiger partial charge in [-0.2, -0.15) is 0 Å². The van der Waals surface area contributed by atoms with E-state index in [0.29, 0.717) is 16.8 Å². The second-order valence-corrected chi connectivity index (χ2v) is 6.57. The van der Waals surface area contributed by atoms with Gasteiger partial charge in [-0.25, -0.2) is 0 Å². The van der Waals surface area contributed by atoms with Crippen molar-refractivity contribution < 1.29 is 14.3 Å². The van der Waals surface area contributed by atoms with Crippen molar-refractivity contribution in [3.05, 3.63) is 59.7 Å². The average Bonchev–Trinajstić information content (AvgIpc) is 2.69. The maximum atomic E-state index is 12.5. The highest BCUT2D eigenvalue weighted by molar-refractivity contribution is 6.06. The van der Waals surface area contributed by atoms with Crippen LogP contribution >= 0.6 is 0 Å².